The van der Waals surface area contributed by atoms with Crippen LogP contribution in [0, 0.1) is 5.82 Å². The van der Waals surface area contributed by atoms with Crippen LogP contribution in [-0.4, -0.2) is 35.6 Å². The fraction of sp³-hybridized carbons (Fsp3) is 0.429. The summed E-state index contributed by atoms with van der Waals surface area (Å²) < 4.78 is 12.8. The lowest BCUT2D eigenvalue weighted by Crippen LogP contribution is -2.49. The van der Waals surface area contributed by atoms with Crippen LogP contribution < -0.4 is 10.6 Å². The molecule has 108 valence electrons. The maximum Gasteiger partial charge on any atom is 0.326 e. The zero-order chi connectivity index (χ0) is 14.5. The minimum atomic E-state index is -1.10. The summed E-state index contributed by atoms with van der Waals surface area (Å²) in [7, 11) is 0. The molecule has 1 amide bonds. The van der Waals surface area contributed by atoms with Crippen LogP contribution in [0.3, 0.4) is 0 Å². The number of benzene rings is 1. The summed E-state index contributed by atoms with van der Waals surface area (Å²) in [6.07, 6.45) is 1.76. The van der Waals surface area contributed by atoms with E-state index in [9.17, 15) is 19.1 Å². The molecule has 1 heterocycles. The van der Waals surface area contributed by atoms with E-state index in [0.29, 0.717) is 12.0 Å². The van der Waals surface area contributed by atoms with Gasteiger partial charge in [0, 0.05) is 6.42 Å². The summed E-state index contributed by atoms with van der Waals surface area (Å²) in [5.74, 6) is -1.77. The Kier molecular flexibility index (Phi) is 4.68. The monoisotopic (exact) mass is 280 g/mol. The van der Waals surface area contributed by atoms with Crippen LogP contribution in [0.25, 0.3) is 0 Å². The first-order valence-corrected chi connectivity index (χ1v) is 6.57. The molecule has 1 saturated heterocycles. The molecule has 20 heavy (non-hydrogen) atoms. The molecular weight excluding hydrogens is 263 g/mol. The molecule has 0 aromatic heterocycles. The van der Waals surface area contributed by atoms with Crippen LogP contribution in [0.4, 0.5) is 4.39 Å². The fourth-order valence-corrected chi connectivity index (χ4v) is 2.24. The Morgan fingerprint density at radius 3 is 2.65 bits per heavy atom. The predicted molar refractivity (Wildman–Crippen MR) is 70.7 cm³/mol. The lowest BCUT2D eigenvalue weighted by molar-refractivity contribution is -0.142. The number of carbonyl (C=O) groups is 2. The number of carbonyl (C=O) groups excluding carboxylic acids is 1. The second kappa shape index (κ2) is 6.47. The van der Waals surface area contributed by atoms with Crippen molar-refractivity contribution < 1.29 is 19.1 Å². The third kappa shape index (κ3) is 3.77. The highest BCUT2D eigenvalue weighted by molar-refractivity contribution is 5.87. The van der Waals surface area contributed by atoms with Gasteiger partial charge in [0.2, 0.25) is 5.91 Å². The standard InChI is InChI=1S/C14H17FN2O3/c15-10-5-3-9(4-6-10)8-12(14(19)20)17-13(18)11-2-1-7-16-11/h3-6,11-12,16H,1-2,7-8H2,(H,17,18)(H,19,20)/t11-,12?/m0/s1. The smallest absolute Gasteiger partial charge is 0.326 e. The third-order valence-electron chi connectivity index (χ3n) is 3.34. The highest BCUT2D eigenvalue weighted by Gasteiger charge is 2.27. The molecule has 1 fully saturated rings. The van der Waals surface area contributed by atoms with E-state index in [0.717, 1.165) is 13.0 Å². The van der Waals surface area contributed by atoms with Gasteiger partial charge in [0.25, 0.3) is 0 Å². The first-order chi connectivity index (χ1) is 9.56. The van der Waals surface area contributed by atoms with E-state index in [1.807, 2.05) is 0 Å². The lowest BCUT2D eigenvalue weighted by Gasteiger charge is -2.17. The van der Waals surface area contributed by atoms with Crippen molar-refractivity contribution in [1.29, 1.82) is 0 Å². The van der Waals surface area contributed by atoms with Crippen LogP contribution in [0.15, 0.2) is 24.3 Å². The zero-order valence-corrected chi connectivity index (χ0v) is 10.9. The summed E-state index contributed by atoms with van der Waals surface area (Å²) in [4.78, 5) is 23.1. The summed E-state index contributed by atoms with van der Waals surface area (Å²) in [5, 5.41) is 14.7. The second-order valence-electron chi connectivity index (χ2n) is 4.88. The van der Waals surface area contributed by atoms with E-state index in [-0.39, 0.29) is 24.2 Å². The van der Waals surface area contributed by atoms with Crippen LogP contribution in [-0.2, 0) is 16.0 Å². The Balaban J connectivity index is 1.98. The molecule has 6 heteroatoms. The van der Waals surface area contributed by atoms with Gasteiger partial charge in [-0.1, -0.05) is 12.1 Å². The third-order valence-corrected chi connectivity index (χ3v) is 3.34. The van der Waals surface area contributed by atoms with Crippen molar-refractivity contribution in [2.45, 2.75) is 31.3 Å². The Hall–Kier alpha value is -1.95. The van der Waals surface area contributed by atoms with Crippen molar-refractivity contribution in [2.24, 2.45) is 0 Å². The number of carboxylic acid groups (broad SMARTS) is 1. The fourth-order valence-electron chi connectivity index (χ4n) is 2.24. The molecule has 2 rings (SSSR count). The molecule has 1 aliphatic rings. The first-order valence-electron chi connectivity index (χ1n) is 6.57. The number of carboxylic acids is 1. The molecule has 2 atom stereocenters. The van der Waals surface area contributed by atoms with Crippen molar-refractivity contribution >= 4 is 11.9 Å². The maximum atomic E-state index is 12.8. The normalized spacial score (nSPS) is 19.6. The number of hydrogen-bond acceptors (Lipinski definition) is 3. The van der Waals surface area contributed by atoms with Crippen LogP contribution in [0.1, 0.15) is 18.4 Å². The summed E-state index contributed by atoms with van der Waals surface area (Å²) in [5.41, 5.74) is 0.665. The van der Waals surface area contributed by atoms with Crippen molar-refractivity contribution in [1.82, 2.24) is 10.6 Å². The first kappa shape index (κ1) is 14.5. The number of hydrogen-bond donors (Lipinski definition) is 3. The number of aliphatic carboxylic acids is 1. The van der Waals surface area contributed by atoms with Crippen molar-refractivity contribution in [2.75, 3.05) is 6.54 Å². The molecule has 3 N–H and O–H groups in total. The molecule has 1 aromatic rings. The highest BCUT2D eigenvalue weighted by atomic mass is 19.1. The molecular formula is C14H17FN2O3. The lowest BCUT2D eigenvalue weighted by atomic mass is 10.1. The maximum absolute atomic E-state index is 12.8. The van der Waals surface area contributed by atoms with Crippen molar-refractivity contribution in [3.63, 3.8) is 0 Å². The van der Waals surface area contributed by atoms with Gasteiger partial charge in [-0.15, -0.1) is 0 Å². The molecule has 1 aliphatic heterocycles. The van der Waals surface area contributed by atoms with Crippen molar-refractivity contribution in [3.05, 3.63) is 35.6 Å². The average Bonchev–Trinajstić information content (AvgIpc) is 2.94. The van der Waals surface area contributed by atoms with Gasteiger partial charge in [0.1, 0.15) is 11.9 Å². The summed E-state index contributed by atoms with van der Waals surface area (Å²) >= 11 is 0. The Morgan fingerprint density at radius 1 is 1.40 bits per heavy atom. The van der Waals surface area contributed by atoms with E-state index in [1.165, 1.54) is 24.3 Å². The van der Waals surface area contributed by atoms with E-state index in [1.54, 1.807) is 0 Å². The van der Waals surface area contributed by atoms with E-state index in [2.05, 4.69) is 10.6 Å². The largest absolute Gasteiger partial charge is 0.480 e. The van der Waals surface area contributed by atoms with Gasteiger partial charge in [0.05, 0.1) is 6.04 Å². The highest BCUT2D eigenvalue weighted by Crippen LogP contribution is 2.08. The molecule has 0 bridgehead atoms. The molecule has 0 radical (unpaired) electrons. The molecule has 1 unspecified atom stereocenters. The van der Waals surface area contributed by atoms with Gasteiger partial charge in [0.15, 0.2) is 0 Å². The average molecular weight is 280 g/mol. The Morgan fingerprint density at radius 2 is 2.10 bits per heavy atom. The molecule has 1 aromatic carbocycles. The number of halogens is 1. The van der Waals surface area contributed by atoms with Gasteiger partial charge >= 0.3 is 5.97 Å². The zero-order valence-electron chi connectivity index (χ0n) is 10.9. The topological polar surface area (TPSA) is 78.4 Å². The van der Waals surface area contributed by atoms with Crippen LogP contribution in [0.5, 0.6) is 0 Å². The van der Waals surface area contributed by atoms with Gasteiger partial charge < -0.3 is 15.7 Å². The summed E-state index contributed by atoms with van der Waals surface area (Å²) in [6, 6.07) is 4.26. The van der Waals surface area contributed by atoms with Gasteiger partial charge in [-0.3, -0.25) is 4.79 Å². The van der Waals surface area contributed by atoms with Crippen LogP contribution in [0.2, 0.25) is 0 Å². The summed E-state index contributed by atoms with van der Waals surface area (Å²) in [6.45, 7) is 0.772. The van der Waals surface area contributed by atoms with E-state index in [4.69, 9.17) is 0 Å². The van der Waals surface area contributed by atoms with Gasteiger partial charge in [-0.25, -0.2) is 9.18 Å². The molecule has 0 spiro atoms. The number of amides is 1. The van der Waals surface area contributed by atoms with E-state index < -0.39 is 12.0 Å². The Bertz CT molecular complexity index is 484. The van der Waals surface area contributed by atoms with Gasteiger partial charge in [-0.05, 0) is 37.1 Å². The SMILES string of the molecule is O=C(O)C(Cc1ccc(F)cc1)NC(=O)[C@@H]1CCCN1. The van der Waals surface area contributed by atoms with Crippen LogP contribution >= 0.6 is 0 Å². The molecule has 0 saturated carbocycles. The quantitative estimate of drug-likeness (QED) is 0.741. The number of nitrogens with one attached hydrogen (secondary N) is 2. The minimum Gasteiger partial charge on any atom is -0.480 e. The van der Waals surface area contributed by atoms with Crippen molar-refractivity contribution in [3.8, 4) is 0 Å². The molecule has 5 nitrogen and oxygen atoms in total. The van der Waals surface area contributed by atoms with E-state index >= 15 is 0 Å². The van der Waals surface area contributed by atoms with Gasteiger partial charge in [-0.2, -0.15) is 0 Å². The minimum absolute atomic E-state index is 0.133. The molecule has 0 aliphatic carbocycles. The predicted octanol–water partition coefficient (Wildman–Crippen LogP) is 0.690. The number of rotatable bonds is 5. The second-order valence-corrected chi connectivity index (χ2v) is 4.88. The Labute approximate surface area is 116 Å².